The Morgan fingerprint density at radius 3 is 2.50 bits per heavy atom. The van der Waals surface area contributed by atoms with Crippen LogP contribution in [0, 0.1) is 11.8 Å². The normalized spacial score (nSPS) is 11.8. The van der Waals surface area contributed by atoms with E-state index in [2.05, 4.69) is 31.9 Å². The third kappa shape index (κ3) is 7.64. The lowest BCUT2D eigenvalue weighted by Crippen LogP contribution is -2.19. The van der Waals surface area contributed by atoms with Gasteiger partial charge < -0.3 is 19.1 Å². The average molecular weight is 449 g/mol. The number of aromatic nitrogens is 1. The smallest absolute Gasteiger partial charge is 0.464 e. The molecule has 0 fully saturated rings. The van der Waals surface area contributed by atoms with Gasteiger partial charge in [0.15, 0.2) is 5.71 Å². The first-order chi connectivity index (χ1) is 15.2. The second-order valence-corrected chi connectivity index (χ2v) is 5.90. The fourth-order valence-electron chi connectivity index (χ4n) is 2.29. The number of halogens is 3. The third-order valence-corrected chi connectivity index (χ3v) is 3.60. The van der Waals surface area contributed by atoms with Gasteiger partial charge in [-0.25, -0.2) is 9.78 Å². The van der Waals surface area contributed by atoms with Gasteiger partial charge in [0.25, 0.3) is 0 Å². The fourth-order valence-corrected chi connectivity index (χ4v) is 2.29. The molecule has 0 aliphatic rings. The number of rotatable bonds is 7. The van der Waals surface area contributed by atoms with Crippen molar-refractivity contribution in [3.63, 3.8) is 0 Å². The highest BCUT2D eigenvalue weighted by Crippen LogP contribution is 2.21. The third-order valence-electron chi connectivity index (χ3n) is 3.60. The van der Waals surface area contributed by atoms with E-state index in [9.17, 15) is 18.0 Å². The van der Waals surface area contributed by atoms with Crippen LogP contribution in [0.2, 0.25) is 0 Å². The summed E-state index contributed by atoms with van der Waals surface area (Å²) in [5.41, 5.74) is 1.53. The lowest BCUT2D eigenvalue weighted by molar-refractivity contribution is -0.274. The predicted octanol–water partition coefficient (Wildman–Crippen LogP) is 3.45. The lowest BCUT2D eigenvalue weighted by Gasteiger charge is -2.09. The fraction of sp³-hybridized carbons (Fsp3) is 0.238. The summed E-state index contributed by atoms with van der Waals surface area (Å²) in [6, 6.07) is 9.21. The second-order valence-electron chi connectivity index (χ2n) is 5.90. The van der Waals surface area contributed by atoms with E-state index in [-0.39, 0.29) is 18.0 Å². The molecular weight excluding hydrogens is 431 g/mol. The van der Waals surface area contributed by atoms with Crippen molar-refractivity contribution < 1.29 is 37.1 Å². The van der Waals surface area contributed by atoms with E-state index >= 15 is 0 Å². The average Bonchev–Trinajstić information content (AvgIpc) is 2.76. The molecule has 1 heterocycles. The highest BCUT2D eigenvalue weighted by atomic mass is 19.4. The molecule has 0 bridgehead atoms. The Labute approximate surface area is 181 Å². The minimum atomic E-state index is -4.79. The molecule has 0 unspecified atom stereocenters. The van der Waals surface area contributed by atoms with E-state index in [1.807, 2.05) is 0 Å². The molecule has 2 aromatic rings. The van der Waals surface area contributed by atoms with Gasteiger partial charge in [-0.3, -0.25) is 0 Å². The lowest BCUT2D eigenvalue weighted by atomic mass is 10.0. The van der Waals surface area contributed by atoms with Gasteiger partial charge in [-0.15, -0.1) is 13.2 Å². The number of carbonyl (C=O) groups is 1. The zero-order chi connectivity index (χ0) is 23.6. The molecule has 11 heteroatoms. The maximum absolute atomic E-state index is 12.2. The molecule has 32 heavy (non-hydrogen) atoms. The van der Waals surface area contributed by atoms with Crippen molar-refractivity contribution in [2.75, 3.05) is 14.2 Å². The zero-order valence-corrected chi connectivity index (χ0v) is 17.3. The van der Waals surface area contributed by atoms with Crippen molar-refractivity contribution in [1.29, 1.82) is 0 Å². The summed E-state index contributed by atoms with van der Waals surface area (Å²) < 4.78 is 44.9. The molecule has 1 aromatic heterocycles. The number of nitrogens with zero attached hydrogens (tertiary/aromatic N) is 3. The van der Waals surface area contributed by atoms with Crippen molar-refractivity contribution in [3.05, 3.63) is 59.4 Å². The van der Waals surface area contributed by atoms with Crippen LogP contribution < -0.4 is 4.74 Å². The van der Waals surface area contributed by atoms with Crippen LogP contribution in [0.15, 0.2) is 52.9 Å². The topological polar surface area (TPSA) is 91.6 Å². The van der Waals surface area contributed by atoms with Crippen molar-refractivity contribution in [3.8, 4) is 17.6 Å². The Morgan fingerprint density at radius 1 is 1.12 bits per heavy atom. The zero-order valence-electron chi connectivity index (χ0n) is 17.3. The van der Waals surface area contributed by atoms with Crippen LogP contribution in [-0.4, -0.2) is 43.0 Å². The summed E-state index contributed by atoms with van der Waals surface area (Å²) in [5, 5.41) is 7.57. The van der Waals surface area contributed by atoms with E-state index in [4.69, 9.17) is 14.4 Å². The van der Waals surface area contributed by atoms with Crippen LogP contribution in [0.3, 0.4) is 0 Å². The minimum absolute atomic E-state index is 0.00332. The van der Waals surface area contributed by atoms with Crippen LogP contribution in [0.4, 0.5) is 13.2 Å². The number of alkyl halides is 3. The molecule has 0 radical (unpaired) electrons. The molecule has 0 spiro atoms. The Balaban J connectivity index is 2.06. The summed E-state index contributed by atoms with van der Waals surface area (Å²) in [6.07, 6.45) is -3.88. The summed E-state index contributed by atoms with van der Waals surface area (Å²) >= 11 is 0. The quantitative estimate of drug-likeness (QED) is 0.278. The van der Waals surface area contributed by atoms with Crippen LogP contribution >= 0.6 is 0 Å². The molecule has 0 amide bonds. The molecule has 1 aromatic carbocycles. The van der Waals surface area contributed by atoms with E-state index < -0.39 is 18.1 Å². The summed E-state index contributed by atoms with van der Waals surface area (Å²) in [6.45, 7) is 1.57. The van der Waals surface area contributed by atoms with Gasteiger partial charge in [-0.05, 0) is 30.9 Å². The number of esters is 1. The molecule has 0 aliphatic heterocycles. The Hall–Kier alpha value is -4.07. The number of pyridine rings is 1. The first kappa shape index (κ1) is 24.2. The standard InChI is InChI=1S/C21H18F3N3O5/c1-14(8-9-16-10-11-17(12-25-16)32-21(22,23)24)26-31-13-15-6-4-5-7-18(15)19(27-30-3)20(28)29-2/h4-7,10-12H,13H2,1-3H3/b26-14+,27-19+. The summed E-state index contributed by atoms with van der Waals surface area (Å²) in [5.74, 6) is 4.19. The second kappa shape index (κ2) is 11.4. The van der Waals surface area contributed by atoms with E-state index in [1.54, 1.807) is 31.2 Å². The van der Waals surface area contributed by atoms with Gasteiger partial charge in [0.1, 0.15) is 30.9 Å². The van der Waals surface area contributed by atoms with Crippen molar-refractivity contribution in [2.45, 2.75) is 19.9 Å². The Kier molecular flexibility index (Phi) is 8.59. The van der Waals surface area contributed by atoms with Gasteiger partial charge in [0, 0.05) is 11.1 Å². The number of ether oxygens (including phenoxy) is 2. The SMILES string of the molecule is CO/N=C(/C(=O)OC)c1ccccc1CO/N=C(\C)C#Cc1ccc(OC(F)(F)F)cn1. The molecule has 0 saturated carbocycles. The van der Waals surface area contributed by atoms with E-state index in [0.717, 1.165) is 12.3 Å². The van der Waals surface area contributed by atoms with Crippen LogP contribution in [0.1, 0.15) is 23.7 Å². The highest BCUT2D eigenvalue weighted by molar-refractivity contribution is 6.43. The first-order valence-corrected chi connectivity index (χ1v) is 8.91. The van der Waals surface area contributed by atoms with Gasteiger partial charge in [0.2, 0.25) is 0 Å². The molecule has 0 saturated heterocycles. The van der Waals surface area contributed by atoms with Gasteiger partial charge in [0.05, 0.1) is 13.3 Å². The maximum atomic E-state index is 12.2. The number of hydrogen-bond donors (Lipinski definition) is 0. The largest absolute Gasteiger partial charge is 0.573 e. The molecule has 0 aliphatic carbocycles. The monoisotopic (exact) mass is 449 g/mol. The predicted molar refractivity (Wildman–Crippen MR) is 108 cm³/mol. The highest BCUT2D eigenvalue weighted by Gasteiger charge is 2.31. The number of hydrogen-bond acceptors (Lipinski definition) is 8. The summed E-state index contributed by atoms with van der Waals surface area (Å²) in [7, 11) is 2.53. The number of carbonyl (C=O) groups excluding carboxylic acids is 1. The van der Waals surface area contributed by atoms with Crippen LogP contribution in [0.25, 0.3) is 0 Å². The van der Waals surface area contributed by atoms with Crippen LogP contribution in [-0.2, 0) is 25.8 Å². The van der Waals surface area contributed by atoms with Crippen molar-refractivity contribution in [2.24, 2.45) is 10.3 Å². The first-order valence-electron chi connectivity index (χ1n) is 8.91. The molecular formula is C21H18F3N3O5. The molecule has 0 atom stereocenters. The van der Waals surface area contributed by atoms with Gasteiger partial charge in [-0.1, -0.05) is 34.6 Å². The van der Waals surface area contributed by atoms with Crippen molar-refractivity contribution >= 4 is 17.4 Å². The van der Waals surface area contributed by atoms with Crippen molar-refractivity contribution in [1.82, 2.24) is 4.98 Å². The maximum Gasteiger partial charge on any atom is 0.573 e. The number of benzene rings is 1. The van der Waals surface area contributed by atoms with Gasteiger partial charge >= 0.3 is 12.3 Å². The summed E-state index contributed by atoms with van der Waals surface area (Å²) in [4.78, 5) is 25.7. The molecule has 8 nitrogen and oxygen atoms in total. The van der Waals surface area contributed by atoms with E-state index in [1.165, 1.54) is 20.3 Å². The van der Waals surface area contributed by atoms with Crippen LogP contribution in [0.5, 0.6) is 5.75 Å². The minimum Gasteiger partial charge on any atom is -0.464 e. The molecule has 168 valence electrons. The molecule has 0 N–H and O–H groups in total. The van der Waals surface area contributed by atoms with E-state index in [0.29, 0.717) is 16.8 Å². The Morgan fingerprint density at radius 2 is 1.88 bits per heavy atom. The number of oxime groups is 2. The van der Waals surface area contributed by atoms with Gasteiger partial charge in [-0.2, -0.15) is 0 Å². The molecule has 2 rings (SSSR count). The number of methoxy groups -OCH3 is 1. The Bertz CT molecular complexity index is 1050.